The first kappa shape index (κ1) is 15.8. The molecule has 0 saturated heterocycles. The summed E-state index contributed by atoms with van der Waals surface area (Å²) in [5.41, 5.74) is 2.69. The number of aryl methyl sites for hydroxylation is 1. The second kappa shape index (κ2) is 6.97. The number of urea groups is 1. The molecule has 0 bridgehead atoms. The van der Waals surface area contributed by atoms with Crippen LogP contribution < -0.4 is 21.5 Å². The number of nitrogens with two attached hydrogens (primary N) is 1. The van der Waals surface area contributed by atoms with E-state index in [1.54, 1.807) is 11.6 Å². The highest BCUT2D eigenvalue weighted by atomic mass is 32.1. The number of carbonyl (C=O) groups excluding carboxylic acids is 1. The fraction of sp³-hybridized carbons (Fsp3) is 0.375. The Kier molecular flexibility index (Phi) is 4.78. The first-order valence-electron chi connectivity index (χ1n) is 7.76. The number of nitrogens with one attached hydrogen (secondary N) is 2. The lowest BCUT2D eigenvalue weighted by molar-refractivity contribution is 0.257. The Morgan fingerprint density at radius 3 is 2.87 bits per heavy atom. The van der Waals surface area contributed by atoms with Gasteiger partial charge in [0.05, 0.1) is 11.4 Å². The van der Waals surface area contributed by atoms with Gasteiger partial charge in [-0.05, 0) is 37.5 Å². The monoisotopic (exact) mass is 331 g/mol. The van der Waals surface area contributed by atoms with Crippen molar-refractivity contribution in [3.8, 4) is 0 Å². The van der Waals surface area contributed by atoms with Crippen molar-refractivity contribution in [1.82, 2.24) is 4.98 Å². The molecule has 1 aliphatic rings. The van der Waals surface area contributed by atoms with Gasteiger partial charge in [-0.25, -0.2) is 20.6 Å². The van der Waals surface area contributed by atoms with Gasteiger partial charge in [-0.15, -0.1) is 11.3 Å². The maximum absolute atomic E-state index is 12.3. The van der Waals surface area contributed by atoms with Crippen LogP contribution in [0.5, 0.6) is 0 Å². The fourth-order valence-electron chi connectivity index (χ4n) is 2.81. The van der Waals surface area contributed by atoms with Crippen molar-refractivity contribution >= 4 is 33.9 Å². The summed E-state index contributed by atoms with van der Waals surface area (Å²) in [5, 5.41) is 9.70. The van der Waals surface area contributed by atoms with E-state index in [9.17, 15) is 4.79 Å². The molecule has 1 aromatic carbocycles. The molecule has 0 aliphatic heterocycles. The van der Waals surface area contributed by atoms with Crippen molar-refractivity contribution in [1.29, 1.82) is 0 Å². The van der Waals surface area contributed by atoms with Gasteiger partial charge >= 0.3 is 6.03 Å². The van der Waals surface area contributed by atoms with Crippen LogP contribution in [0.1, 0.15) is 31.2 Å². The molecule has 122 valence electrons. The number of carbonyl (C=O) groups is 1. The van der Waals surface area contributed by atoms with Gasteiger partial charge in [0.15, 0.2) is 5.13 Å². The lowest BCUT2D eigenvalue weighted by atomic mass is 10.1. The minimum absolute atomic E-state index is 0.404. The third-order valence-electron chi connectivity index (χ3n) is 3.99. The van der Waals surface area contributed by atoms with E-state index < -0.39 is 6.03 Å². The van der Waals surface area contributed by atoms with Gasteiger partial charge in [0.25, 0.3) is 0 Å². The van der Waals surface area contributed by atoms with Crippen LogP contribution in [0, 0.1) is 6.92 Å². The topological polar surface area (TPSA) is 83.3 Å². The number of amides is 2. The molecule has 0 radical (unpaired) electrons. The lowest BCUT2D eigenvalue weighted by Crippen LogP contribution is -2.41. The molecule has 1 saturated carbocycles. The van der Waals surface area contributed by atoms with Crippen LogP contribution in [-0.2, 0) is 0 Å². The largest absolute Gasteiger partial charge is 0.381 e. The summed E-state index contributed by atoms with van der Waals surface area (Å²) in [6.07, 6.45) is 6.44. The second-order valence-corrected chi connectivity index (χ2v) is 6.68. The quantitative estimate of drug-likeness (QED) is 0.453. The predicted octanol–water partition coefficient (Wildman–Crippen LogP) is 3.72. The molecular formula is C16H21N5OS. The molecule has 2 amide bonds. The van der Waals surface area contributed by atoms with Crippen LogP contribution in [-0.4, -0.2) is 17.1 Å². The van der Waals surface area contributed by atoms with Crippen molar-refractivity contribution in [2.75, 3.05) is 15.6 Å². The molecule has 3 rings (SSSR count). The molecular weight excluding hydrogens is 310 g/mol. The second-order valence-electron chi connectivity index (χ2n) is 5.78. The summed E-state index contributed by atoms with van der Waals surface area (Å²) in [6, 6.07) is 5.90. The summed E-state index contributed by atoms with van der Waals surface area (Å²) in [5.74, 6) is 6.04. The summed E-state index contributed by atoms with van der Waals surface area (Å²) >= 11 is 1.36. The molecule has 1 aliphatic carbocycles. The Morgan fingerprint density at radius 2 is 2.17 bits per heavy atom. The van der Waals surface area contributed by atoms with E-state index in [-0.39, 0.29) is 0 Å². The fourth-order valence-corrected chi connectivity index (χ4v) is 3.33. The van der Waals surface area contributed by atoms with E-state index in [1.165, 1.54) is 24.2 Å². The van der Waals surface area contributed by atoms with Gasteiger partial charge < -0.3 is 5.32 Å². The van der Waals surface area contributed by atoms with E-state index in [0.717, 1.165) is 29.1 Å². The molecule has 6 nitrogen and oxygen atoms in total. The van der Waals surface area contributed by atoms with Crippen molar-refractivity contribution in [3.05, 3.63) is 35.3 Å². The van der Waals surface area contributed by atoms with Crippen LogP contribution in [0.4, 0.5) is 21.3 Å². The normalized spacial score (nSPS) is 14.7. The van der Waals surface area contributed by atoms with Gasteiger partial charge in [-0.3, -0.25) is 5.32 Å². The highest BCUT2D eigenvalue weighted by Gasteiger charge is 2.20. The molecule has 23 heavy (non-hydrogen) atoms. The zero-order valence-corrected chi connectivity index (χ0v) is 13.9. The van der Waals surface area contributed by atoms with Crippen molar-refractivity contribution in [3.63, 3.8) is 0 Å². The van der Waals surface area contributed by atoms with Gasteiger partial charge in [0.1, 0.15) is 0 Å². The standard InChI is InChI=1S/C16H21N5OS/c1-11-6-7-14(13(10-11)19-12-4-2-3-5-12)21(17)16(22)20-15-18-8-9-23-15/h6-10,12,19H,2-5,17H2,1H3,(H,18,20,22). The van der Waals surface area contributed by atoms with Crippen molar-refractivity contribution < 1.29 is 4.79 Å². The Labute approximate surface area is 139 Å². The van der Waals surface area contributed by atoms with E-state index in [0.29, 0.717) is 16.9 Å². The Balaban J connectivity index is 1.78. The predicted molar refractivity (Wildman–Crippen MR) is 94.9 cm³/mol. The van der Waals surface area contributed by atoms with E-state index in [1.807, 2.05) is 25.1 Å². The van der Waals surface area contributed by atoms with Crippen molar-refractivity contribution in [2.45, 2.75) is 38.6 Å². The molecule has 0 unspecified atom stereocenters. The highest BCUT2D eigenvalue weighted by molar-refractivity contribution is 7.13. The number of nitrogens with zero attached hydrogens (tertiary/aromatic N) is 2. The molecule has 2 aromatic rings. The van der Waals surface area contributed by atoms with Crippen molar-refractivity contribution in [2.24, 2.45) is 5.84 Å². The van der Waals surface area contributed by atoms with Gasteiger partial charge in [0.2, 0.25) is 0 Å². The van der Waals surface area contributed by atoms with Crippen LogP contribution in [0.3, 0.4) is 0 Å². The van der Waals surface area contributed by atoms with Crippen LogP contribution in [0.2, 0.25) is 0 Å². The maximum atomic E-state index is 12.3. The van der Waals surface area contributed by atoms with Gasteiger partial charge in [-0.2, -0.15) is 0 Å². The first-order valence-corrected chi connectivity index (χ1v) is 8.64. The van der Waals surface area contributed by atoms with Gasteiger partial charge in [0, 0.05) is 17.6 Å². The number of hydrogen-bond donors (Lipinski definition) is 3. The Morgan fingerprint density at radius 1 is 1.39 bits per heavy atom. The molecule has 4 N–H and O–H groups in total. The summed E-state index contributed by atoms with van der Waals surface area (Å²) < 4.78 is 0. The lowest BCUT2D eigenvalue weighted by Gasteiger charge is -2.23. The summed E-state index contributed by atoms with van der Waals surface area (Å²) in [6.45, 7) is 2.03. The Bertz CT molecular complexity index is 667. The van der Waals surface area contributed by atoms with E-state index >= 15 is 0 Å². The molecule has 7 heteroatoms. The number of rotatable bonds is 4. The molecule has 1 aromatic heterocycles. The summed E-state index contributed by atoms with van der Waals surface area (Å²) in [4.78, 5) is 16.4. The van der Waals surface area contributed by atoms with Crippen LogP contribution in [0.15, 0.2) is 29.8 Å². The minimum atomic E-state index is -0.404. The number of hydrazine groups is 1. The number of thiazole rings is 1. The third kappa shape index (κ3) is 3.80. The van der Waals surface area contributed by atoms with E-state index in [2.05, 4.69) is 15.6 Å². The number of hydrogen-bond acceptors (Lipinski definition) is 5. The first-order chi connectivity index (χ1) is 11.1. The zero-order valence-electron chi connectivity index (χ0n) is 13.1. The average molecular weight is 331 g/mol. The van der Waals surface area contributed by atoms with Gasteiger partial charge in [-0.1, -0.05) is 18.9 Å². The van der Waals surface area contributed by atoms with Crippen LogP contribution >= 0.6 is 11.3 Å². The smallest absolute Gasteiger partial charge is 0.342 e. The minimum Gasteiger partial charge on any atom is -0.381 e. The number of aromatic nitrogens is 1. The third-order valence-corrected chi connectivity index (χ3v) is 4.68. The maximum Gasteiger partial charge on any atom is 0.342 e. The van der Waals surface area contributed by atoms with E-state index in [4.69, 9.17) is 5.84 Å². The number of benzene rings is 1. The SMILES string of the molecule is Cc1ccc(N(N)C(=O)Nc2nccs2)c(NC2CCCC2)c1. The molecule has 1 fully saturated rings. The molecule has 1 heterocycles. The van der Waals surface area contributed by atoms with Crippen LogP contribution in [0.25, 0.3) is 0 Å². The summed E-state index contributed by atoms with van der Waals surface area (Å²) in [7, 11) is 0. The molecule has 0 spiro atoms. The molecule has 0 atom stereocenters. The highest BCUT2D eigenvalue weighted by Crippen LogP contribution is 2.30. The Hall–Kier alpha value is -2.12. The average Bonchev–Trinajstić information content (AvgIpc) is 3.20. The number of anilines is 3. The zero-order chi connectivity index (χ0) is 16.2.